The summed E-state index contributed by atoms with van der Waals surface area (Å²) >= 11 is 1.27. The van der Waals surface area contributed by atoms with Crippen molar-refractivity contribution in [1.82, 2.24) is 9.97 Å². The average Bonchev–Trinajstić information content (AvgIpc) is 2.31. The predicted octanol–water partition coefficient (Wildman–Crippen LogP) is 1.71. The van der Waals surface area contributed by atoms with Crippen molar-refractivity contribution in [3.05, 3.63) is 46.4 Å². The molecule has 0 fully saturated rings. The van der Waals surface area contributed by atoms with Crippen LogP contribution < -0.4 is 11.3 Å². The van der Waals surface area contributed by atoms with E-state index in [2.05, 4.69) is 9.97 Å². The summed E-state index contributed by atoms with van der Waals surface area (Å²) in [6, 6.07) is 6.48. The van der Waals surface area contributed by atoms with Crippen LogP contribution in [0, 0.1) is 0 Å². The largest absolute Gasteiger partial charge is 0.398 e. The van der Waals surface area contributed by atoms with Crippen molar-refractivity contribution in [2.45, 2.75) is 17.0 Å². The standard InChI is InChI=1S/C12H11N3O2S/c1-7(16)9-6-8(2-3-10(9)13)18-12-14-5-4-11(17)15-12/h2-6H,13H2,1H3,(H,14,15,17). The van der Waals surface area contributed by atoms with Crippen LogP contribution in [-0.4, -0.2) is 15.8 Å². The minimum atomic E-state index is -0.213. The molecule has 3 N–H and O–H groups in total. The van der Waals surface area contributed by atoms with E-state index in [1.807, 2.05) is 0 Å². The molecular formula is C12H11N3O2S. The van der Waals surface area contributed by atoms with Gasteiger partial charge in [0.05, 0.1) is 0 Å². The molecule has 92 valence electrons. The smallest absolute Gasteiger partial charge is 0.251 e. The second-order valence-corrected chi connectivity index (χ2v) is 4.71. The lowest BCUT2D eigenvalue weighted by Gasteiger charge is -2.05. The number of H-pyrrole nitrogens is 1. The van der Waals surface area contributed by atoms with Gasteiger partial charge in [-0.1, -0.05) is 11.8 Å². The molecule has 0 atom stereocenters. The third-order valence-corrected chi connectivity index (χ3v) is 3.16. The van der Waals surface area contributed by atoms with Gasteiger partial charge in [-0.25, -0.2) is 4.98 Å². The van der Waals surface area contributed by atoms with Crippen LogP contribution in [0.15, 0.2) is 45.3 Å². The van der Waals surface area contributed by atoms with Crippen LogP contribution >= 0.6 is 11.8 Å². The first-order valence-corrected chi connectivity index (χ1v) is 6.01. The number of nitrogens with zero attached hydrogens (tertiary/aromatic N) is 1. The van der Waals surface area contributed by atoms with Crippen LogP contribution in [0.25, 0.3) is 0 Å². The van der Waals surface area contributed by atoms with Crippen LogP contribution in [0.1, 0.15) is 17.3 Å². The molecule has 0 amide bonds. The van der Waals surface area contributed by atoms with Crippen molar-refractivity contribution in [2.24, 2.45) is 0 Å². The summed E-state index contributed by atoms with van der Waals surface area (Å²) in [5.41, 5.74) is 6.41. The van der Waals surface area contributed by atoms with Crippen LogP contribution in [-0.2, 0) is 0 Å². The number of hydrogen-bond donors (Lipinski definition) is 2. The highest BCUT2D eigenvalue weighted by Crippen LogP contribution is 2.26. The predicted molar refractivity (Wildman–Crippen MR) is 69.8 cm³/mol. The SMILES string of the molecule is CC(=O)c1cc(Sc2nccc(=O)[nH]2)ccc1N. The first-order valence-electron chi connectivity index (χ1n) is 5.20. The van der Waals surface area contributed by atoms with Gasteiger partial charge in [0.15, 0.2) is 10.9 Å². The lowest BCUT2D eigenvalue weighted by molar-refractivity contribution is 0.101. The fourth-order valence-electron chi connectivity index (χ4n) is 1.42. The number of hydrogen-bond acceptors (Lipinski definition) is 5. The van der Waals surface area contributed by atoms with Crippen molar-refractivity contribution in [3.8, 4) is 0 Å². The maximum atomic E-state index is 11.4. The zero-order valence-electron chi connectivity index (χ0n) is 9.64. The van der Waals surface area contributed by atoms with Crippen molar-refractivity contribution < 1.29 is 4.79 Å². The number of carbonyl (C=O) groups excluding carboxylic acids is 1. The molecule has 0 bridgehead atoms. The van der Waals surface area contributed by atoms with Crippen molar-refractivity contribution in [1.29, 1.82) is 0 Å². The lowest BCUT2D eigenvalue weighted by atomic mass is 10.1. The number of nitrogen functional groups attached to an aromatic ring is 1. The van der Waals surface area contributed by atoms with E-state index in [0.29, 0.717) is 16.4 Å². The molecule has 5 nitrogen and oxygen atoms in total. The summed E-state index contributed by atoms with van der Waals surface area (Å²) in [4.78, 5) is 29.9. The second-order valence-electron chi connectivity index (χ2n) is 3.65. The van der Waals surface area contributed by atoms with Crippen LogP contribution in [0.2, 0.25) is 0 Å². The van der Waals surface area contributed by atoms with Gasteiger partial charge in [0.1, 0.15) is 0 Å². The number of anilines is 1. The molecule has 2 rings (SSSR count). The highest BCUT2D eigenvalue weighted by molar-refractivity contribution is 7.99. The number of carbonyl (C=O) groups is 1. The van der Waals surface area contributed by atoms with Crippen LogP contribution in [0.3, 0.4) is 0 Å². The van der Waals surface area contributed by atoms with Gasteiger partial charge in [0, 0.05) is 28.4 Å². The van der Waals surface area contributed by atoms with Gasteiger partial charge in [0.2, 0.25) is 0 Å². The topological polar surface area (TPSA) is 88.8 Å². The van der Waals surface area contributed by atoms with Crippen LogP contribution in [0.5, 0.6) is 0 Å². The van der Waals surface area contributed by atoms with Crippen molar-refractivity contribution in [2.75, 3.05) is 5.73 Å². The minimum Gasteiger partial charge on any atom is -0.398 e. The van der Waals surface area contributed by atoms with Gasteiger partial charge in [-0.05, 0) is 25.1 Å². The molecule has 0 unspecified atom stereocenters. The first kappa shape index (κ1) is 12.4. The van der Waals surface area contributed by atoms with E-state index in [1.165, 1.54) is 30.9 Å². The number of aromatic amines is 1. The summed E-state index contributed by atoms with van der Waals surface area (Å²) in [5, 5.41) is 0.474. The Morgan fingerprint density at radius 2 is 2.17 bits per heavy atom. The third-order valence-electron chi connectivity index (χ3n) is 2.27. The number of aromatic nitrogens is 2. The quantitative estimate of drug-likeness (QED) is 0.499. The minimum absolute atomic E-state index is 0.0931. The number of benzene rings is 1. The zero-order valence-corrected chi connectivity index (χ0v) is 10.5. The number of nitrogens with two attached hydrogens (primary N) is 1. The summed E-state index contributed by atoms with van der Waals surface area (Å²) < 4.78 is 0. The second kappa shape index (κ2) is 5.05. The number of Topliss-reactive ketones (excluding diaryl/α,β-unsaturated/α-hetero) is 1. The first-order chi connectivity index (χ1) is 8.56. The third kappa shape index (κ3) is 2.78. The summed E-state index contributed by atoms with van der Waals surface area (Å²) in [6.45, 7) is 1.46. The number of ketones is 1. The molecule has 0 saturated heterocycles. The molecule has 0 aliphatic heterocycles. The molecule has 0 spiro atoms. The number of rotatable bonds is 3. The fourth-order valence-corrected chi connectivity index (χ4v) is 2.22. The zero-order chi connectivity index (χ0) is 13.1. The fraction of sp³-hybridized carbons (Fsp3) is 0.0833. The van der Waals surface area contributed by atoms with E-state index in [9.17, 15) is 9.59 Å². The van der Waals surface area contributed by atoms with Gasteiger partial charge in [-0.2, -0.15) is 0 Å². The molecule has 0 saturated carbocycles. The Hall–Kier alpha value is -2.08. The average molecular weight is 261 g/mol. The normalized spacial score (nSPS) is 10.3. The van der Waals surface area contributed by atoms with E-state index in [1.54, 1.807) is 18.2 Å². The van der Waals surface area contributed by atoms with Crippen molar-refractivity contribution in [3.63, 3.8) is 0 Å². The Bertz CT molecular complexity index is 652. The van der Waals surface area contributed by atoms with E-state index in [0.717, 1.165) is 4.90 Å². The Kier molecular flexibility index (Phi) is 3.47. The van der Waals surface area contributed by atoms with E-state index in [4.69, 9.17) is 5.73 Å². The Morgan fingerprint density at radius 1 is 1.39 bits per heavy atom. The molecule has 18 heavy (non-hydrogen) atoms. The molecule has 6 heteroatoms. The van der Waals surface area contributed by atoms with Gasteiger partial charge >= 0.3 is 0 Å². The Labute approximate surface area is 107 Å². The molecule has 1 aromatic heterocycles. The molecule has 0 radical (unpaired) electrons. The highest BCUT2D eigenvalue weighted by atomic mass is 32.2. The molecule has 2 aromatic rings. The monoisotopic (exact) mass is 261 g/mol. The molecule has 1 heterocycles. The van der Waals surface area contributed by atoms with Crippen LogP contribution in [0.4, 0.5) is 5.69 Å². The maximum Gasteiger partial charge on any atom is 0.251 e. The Balaban J connectivity index is 2.33. The van der Waals surface area contributed by atoms with E-state index >= 15 is 0 Å². The van der Waals surface area contributed by atoms with Gasteiger partial charge in [-0.3, -0.25) is 9.59 Å². The Morgan fingerprint density at radius 3 is 2.83 bits per heavy atom. The van der Waals surface area contributed by atoms with Crippen molar-refractivity contribution >= 4 is 23.2 Å². The highest BCUT2D eigenvalue weighted by Gasteiger charge is 2.07. The lowest BCUT2D eigenvalue weighted by Crippen LogP contribution is -2.05. The maximum absolute atomic E-state index is 11.4. The van der Waals surface area contributed by atoms with E-state index < -0.39 is 0 Å². The summed E-state index contributed by atoms with van der Waals surface area (Å²) in [5.74, 6) is -0.0931. The van der Waals surface area contributed by atoms with Gasteiger partial charge in [-0.15, -0.1) is 0 Å². The summed E-state index contributed by atoms with van der Waals surface area (Å²) in [6.07, 6.45) is 1.43. The summed E-state index contributed by atoms with van der Waals surface area (Å²) in [7, 11) is 0. The molecular weight excluding hydrogens is 250 g/mol. The van der Waals surface area contributed by atoms with E-state index in [-0.39, 0.29) is 11.3 Å². The number of nitrogens with one attached hydrogen (secondary N) is 1. The van der Waals surface area contributed by atoms with Gasteiger partial charge in [0.25, 0.3) is 5.56 Å². The molecule has 0 aliphatic rings. The van der Waals surface area contributed by atoms with Gasteiger partial charge < -0.3 is 10.7 Å². The molecule has 0 aliphatic carbocycles. The molecule has 1 aromatic carbocycles.